The largest absolute Gasteiger partial charge is 0.489 e. The monoisotopic (exact) mass is 411 g/mol. The Balaban J connectivity index is 1.41. The lowest BCUT2D eigenvalue weighted by molar-refractivity contribution is -0.119. The number of rotatable bonds is 8. The number of carbonyl (C=O) groups excluding carboxylic acids is 1. The maximum absolute atomic E-state index is 12.8. The number of carbonyl (C=O) groups is 1. The van der Waals surface area contributed by atoms with Crippen LogP contribution in [0.3, 0.4) is 0 Å². The van der Waals surface area contributed by atoms with E-state index in [-0.39, 0.29) is 18.3 Å². The van der Waals surface area contributed by atoms with Crippen molar-refractivity contribution >= 4 is 29.4 Å². The number of nitrogens with one attached hydrogen (secondary N) is 2. The van der Waals surface area contributed by atoms with E-state index in [1.807, 2.05) is 48.5 Å². The number of amides is 1. The van der Waals surface area contributed by atoms with Gasteiger partial charge in [-0.15, -0.1) is 0 Å². The molecule has 0 spiro atoms. The highest BCUT2D eigenvalue weighted by Crippen LogP contribution is 2.15. The van der Waals surface area contributed by atoms with Crippen molar-refractivity contribution in [3.8, 4) is 5.75 Å². The SMILES string of the molecule is O=C(CNc1ccc(F)cc1)N/N=C\c1ccc(OCc2ccc(Cl)cc2)cc1. The quantitative estimate of drug-likeness (QED) is 0.420. The molecule has 0 aliphatic rings. The molecule has 3 aromatic carbocycles. The number of halogens is 2. The standard InChI is InChI=1S/C22H19ClFN3O2/c23-18-5-1-17(2-6-18)15-29-21-11-3-16(4-12-21)13-26-27-22(28)14-25-20-9-7-19(24)8-10-20/h1-13,25H,14-15H2,(H,27,28)/b26-13-. The number of nitrogens with zero attached hydrogens (tertiary/aromatic N) is 1. The van der Waals surface area contributed by atoms with E-state index in [1.54, 1.807) is 18.3 Å². The van der Waals surface area contributed by atoms with Crippen molar-refractivity contribution in [2.45, 2.75) is 6.61 Å². The Hall–Kier alpha value is -3.38. The second-order valence-corrected chi connectivity index (χ2v) is 6.57. The smallest absolute Gasteiger partial charge is 0.259 e. The fraction of sp³-hybridized carbons (Fsp3) is 0.0909. The van der Waals surface area contributed by atoms with Crippen LogP contribution in [0.25, 0.3) is 0 Å². The van der Waals surface area contributed by atoms with Crippen LogP contribution < -0.4 is 15.5 Å². The van der Waals surface area contributed by atoms with E-state index in [0.717, 1.165) is 16.9 Å². The molecule has 1 amide bonds. The van der Waals surface area contributed by atoms with Gasteiger partial charge in [-0.2, -0.15) is 5.10 Å². The third kappa shape index (κ3) is 6.93. The number of benzene rings is 3. The minimum atomic E-state index is -0.328. The van der Waals surface area contributed by atoms with E-state index in [0.29, 0.717) is 17.3 Å². The summed E-state index contributed by atoms with van der Waals surface area (Å²) in [6.45, 7) is 0.474. The summed E-state index contributed by atoms with van der Waals surface area (Å²) in [4.78, 5) is 11.8. The van der Waals surface area contributed by atoms with Gasteiger partial charge in [0.15, 0.2) is 0 Å². The molecule has 0 heterocycles. The van der Waals surface area contributed by atoms with Gasteiger partial charge in [0.25, 0.3) is 5.91 Å². The number of hydrogen-bond donors (Lipinski definition) is 2. The summed E-state index contributed by atoms with van der Waals surface area (Å²) in [6, 6.07) is 20.6. The number of ether oxygens (including phenoxy) is 1. The van der Waals surface area contributed by atoms with Crippen LogP contribution in [0.4, 0.5) is 10.1 Å². The van der Waals surface area contributed by atoms with Crippen molar-refractivity contribution in [3.05, 3.63) is 94.8 Å². The normalized spacial score (nSPS) is 10.7. The maximum Gasteiger partial charge on any atom is 0.259 e. The van der Waals surface area contributed by atoms with E-state index in [4.69, 9.17) is 16.3 Å². The van der Waals surface area contributed by atoms with Crippen LogP contribution in [-0.2, 0) is 11.4 Å². The zero-order valence-corrected chi connectivity index (χ0v) is 16.2. The van der Waals surface area contributed by atoms with Crippen molar-refractivity contribution < 1.29 is 13.9 Å². The van der Waals surface area contributed by atoms with Gasteiger partial charge in [0.05, 0.1) is 12.8 Å². The van der Waals surface area contributed by atoms with Gasteiger partial charge in [-0.1, -0.05) is 23.7 Å². The zero-order chi connectivity index (χ0) is 20.5. The highest BCUT2D eigenvalue weighted by atomic mass is 35.5. The molecule has 3 aromatic rings. The summed E-state index contributed by atoms with van der Waals surface area (Å²) >= 11 is 5.86. The summed E-state index contributed by atoms with van der Waals surface area (Å²) in [6.07, 6.45) is 1.54. The minimum absolute atomic E-state index is 0.0282. The molecule has 2 N–H and O–H groups in total. The van der Waals surface area contributed by atoms with Gasteiger partial charge >= 0.3 is 0 Å². The molecule has 0 atom stereocenters. The van der Waals surface area contributed by atoms with E-state index in [2.05, 4.69) is 15.8 Å². The molecule has 3 rings (SSSR count). The summed E-state index contributed by atoms with van der Waals surface area (Å²) in [5, 5.41) is 7.49. The van der Waals surface area contributed by atoms with Gasteiger partial charge in [-0.05, 0) is 71.8 Å². The van der Waals surface area contributed by atoms with Crippen LogP contribution in [-0.4, -0.2) is 18.7 Å². The van der Waals surface area contributed by atoms with Crippen LogP contribution in [0, 0.1) is 5.82 Å². The molecule has 148 valence electrons. The number of hydrazone groups is 1. The molecule has 0 radical (unpaired) electrons. The molecule has 0 saturated carbocycles. The molecule has 5 nitrogen and oxygen atoms in total. The van der Waals surface area contributed by atoms with Gasteiger partial charge in [-0.25, -0.2) is 9.82 Å². The Morgan fingerprint density at radius 1 is 1.00 bits per heavy atom. The lowest BCUT2D eigenvalue weighted by Gasteiger charge is -2.07. The average Bonchev–Trinajstić information content (AvgIpc) is 2.74. The summed E-state index contributed by atoms with van der Waals surface area (Å²) < 4.78 is 18.6. The molecular formula is C22H19ClFN3O2. The molecule has 0 aromatic heterocycles. The summed E-state index contributed by atoms with van der Waals surface area (Å²) in [7, 11) is 0. The Morgan fingerprint density at radius 3 is 2.38 bits per heavy atom. The van der Waals surface area contributed by atoms with Crippen LogP contribution >= 0.6 is 11.6 Å². The van der Waals surface area contributed by atoms with Gasteiger partial charge in [0.2, 0.25) is 0 Å². The molecule has 0 bridgehead atoms. The predicted molar refractivity (Wildman–Crippen MR) is 113 cm³/mol. The van der Waals surface area contributed by atoms with Crippen molar-refractivity contribution in [3.63, 3.8) is 0 Å². The van der Waals surface area contributed by atoms with E-state index in [1.165, 1.54) is 12.1 Å². The third-order valence-corrected chi connectivity index (χ3v) is 4.15. The second kappa shape index (κ2) is 10.2. The molecular weight excluding hydrogens is 393 g/mol. The van der Waals surface area contributed by atoms with Crippen LogP contribution in [0.15, 0.2) is 77.9 Å². The van der Waals surface area contributed by atoms with Gasteiger partial charge in [0.1, 0.15) is 18.2 Å². The summed E-state index contributed by atoms with van der Waals surface area (Å²) in [5.41, 5.74) is 4.92. The highest BCUT2D eigenvalue weighted by Gasteiger charge is 2.00. The van der Waals surface area contributed by atoms with Gasteiger partial charge < -0.3 is 10.1 Å². The Labute approximate surface area is 173 Å². The first kappa shape index (κ1) is 20.4. The van der Waals surface area contributed by atoms with Crippen molar-refractivity contribution in [2.75, 3.05) is 11.9 Å². The molecule has 0 aliphatic carbocycles. The van der Waals surface area contributed by atoms with E-state index < -0.39 is 0 Å². The first-order chi connectivity index (χ1) is 14.1. The first-order valence-electron chi connectivity index (χ1n) is 8.87. The molecule has 0 fully saturated rings. The Kier molecular flexibility index (Phi) is 7.19. The molecule has 7 heteroatoms. The van der Waals surface area contributed by atoms with Crippen LogP contribution in [0.5, 0.6) is 5.75 Å². The predicted octanol–water partition coefficient (Wildman–Crippen LogP) is 4.62. The van der Waals surface area contributed by atoms with E-state index >= 15 is 0 Å². The zero-order valence-electron chi connectivity index (χ0n) is 15.4. The Bertz CT molecular complexity index is 959. The summed E-state index contributed by atoms with van der Waals surface area (Å²) in [5.74, 6) is 0.0872. The highest BCUT2D eigenvalue weighted by molar-refractivity contribution is 6.30. The average molecular weight is 412 g/mol. The van der Waals surface area contributed by atoms with Crippen molar-refractivity contribution in [2.24, 2.45) is 5.10 Å². The minimum Gasteiger partial charge on any atom is -0.489 e. The maximum atomic E-state index is 12.8. The van der Waals surface area contributed by atoms with Crippen molar-refractivity contribution in [1.82, 2.24) is 5.43 Å². The Morgan fingerprint density at radius 2 is 1.69 bits per heavy atom. The van der Waals surface area contributed by atoms with E-state index in [9.17, 15) is 9.18 Å². The second-order valence-electron chi connectivity index (χ2n) is 6.14. The van der Waals surface area contributed by atoms with Gasteiger partial charge in [0, 0.05) is 10.7 Å². The topological polar surface area (TPSA) is 62.7 Å². The fourth-order valence-electron chi connectivity index (χ4n) is 2.37. The van der Waals surface area contributed by atoms with Gasteiger partial charge in [-0.3, -0.25) is 4.79 Å². The fourth-order valence-corrected chi connectivity index (χ4v) is 2.49. The lowest BCUT2D eigenvalue weighted by atomic mass is 10.2. The van der Waals surface area contributed by atoms with Crippen molar-refractivity contribution in [1.29, 1.82) is 0 Å². The number of hydrogen-bond acceptors (Lipinski definition) is 4. The molecule has 29 heavy (non-hydrogen) atoms. The third-order valence-electron chi connectivity index (χ3n) is 3.90. The molecule has 0 aliphatic heterocycles. The molecule has 0 saturated heterocycles. The van der Waals surface area contributed by atoms with Crippen LogP contribution in [0.2, 0.25) is 5.02 Å². The molecule has 0 unspecified atom stereocenters. The first-order valence-corrected chi connectivity index (χ1v) is 9.25. The number of anilines is 1. The van der Waals surface area contributed by atoms with Crippen LogP contribution in [0.1, 0.15) is 11.1 Å². The lowest BCUT2D eigenvalue weighted by Crippen LogP contribution is -2.25.